The monoisotopic (exact) mass is 330 g/mol. The quantitative estimate of drug-likeness (QED) is 0.592. The van der Waals surface area contributed by atoms with Gasteiger partial charge in [-0.15, -0.1) is 0 Å². The van der Waals surface area contributed by atoms with Crippen LogP contribution < -0.4 is 0 Å². The van der Waals surface area contributed by atoms with E-state index in [1.54, 1.807) is 0 Å². The SMILES string of the molecule is CC(=O)/C(=C\c1ccc(F)c(F)c1)CC(=O)OCc1ccccc1. The number of halogens is 2. The zero-order chi connectivity index (χ0) is 17.5. The summed E-state index contributed by atoms with van der Waals surface area (Å²) in [5, 5.41) is 0. The van der Waals surface area contributed by atoms with Gasteiger partial charge < -0.3 is 4.74 Å². The Morgan fingerprint density at radius 3 is 2.38 bits per heavy atom. The van der Waals surface area contributed by atoms with Crippen molar-refractivity contribution in [3.63, 3.8) is 0 Å². The van der Waals surface area contributed by atoms with Crippen LogP contribution in [0.4, 0.5) is 8.78 Å². The van der Waals surface area contributed by atoms with Gasteiger partial charge in [-0.25, -0.2) is 8.78 Å². The standard InChI is InChI=1S/C19H16F2O3/c1-13(22)16(9-15-7-8-17(20)18(21)10-15)11-19(23)24-12-14-5-3-2-4-6-14/h2-10H,11-12H2,1H3/b16-9-. The molecule has 24 heavy (non-hydrogen) atoms. The molecule has 0 spiro atoms. The summed E-state index contributed by atoms with van der Waals surface area (Å²) in [7, 11) is 0. The first-order valence-corrected chi connectivity index (χ1v) is 7.32. The first kappa shape index (κ1) is 17.5. The second kappa shape index (κ2) is 8.15. The molecule has 0 radical (unpaired) electrons. The lowest BCUT2D eigenvalue weighted by atomic mass is 10.0. The van der Waals surface area contributed by atoms with E-state index in [1.165, 1.54) is 19.1 Å². The van der Waals surface area contributed by atoms with Crippen molar-refractivity contribution in [2.45, 2.75) is 20.0 Å². The van der Waals surface area contributed by atoms with Crippen LogP contribution in [-0.4, -0.2) is 11.8 Å². The highest BCUT2D eigenvalue weighted by molar-refractivity contribution is 6.01. The van der Waals surface area contributed by atoms with Crippen molar-refractivity contribution in [1.29, 1.82) is 0 Å². The van der Waals surface area contributed by atoms with Crippen LogP contribution in [0, 0.1) is 11.6 Å². The molecule has 2 aromatic carbocycles. The van der Waals surface area contributed by atoms with Crippen LogP contribution in [0.3, 0.4) is 0 Å². The van der Waals surface area contributed by atoms with Gasteiger partial charge in [-0.1, -0.05) is 36.4 Å². The van der Waals surface area contributed by atoms with Crippen LogP contribution >= 0.6 is 0 Å². The summed E-state index contributed by atoms with van der Waals surface area (Å²) in [5.41, 5.74) is 1.30. The summed E-state index contributed by atoms with van der Waals surface area (Å²) in [6.07, 6.45) is 1.12. The number of esters is 1. The topological polar surface area (TPSA) is 43.4 Å². The fourth-order valence-electron chi connectivity index (χ4n) is 2.03. The van der Waals surface area contributed by atoms with Crippen molar-refractivity contribution < 1.29 is 23.1 Å². The predicted molar refractivity (Wildman–Crippen MR) is 85.9 cm³/mol. The largest absolute Gasteiger partial charge is 0.461 e. The third kappa shape index (κ3) is 5.12. The minimum absolute atomic E-state index is 0.107. The van der Waals surface area contributed by atoms with Crippen LogP contribution in [0.15, 0.2) is 54.1 Å². The Balaban J connectivity index is 2.04. The van der Waals surface area contributed by atoms with E-state index in [4.69, 9.17) is 4.74 Å². The van der Waals surface area contributed by atoms with E-state index in [1.807, 2.05) is 30.3 Å². The maximum Gasteiger partial charge on any atom is 0.310 e. The highest BCUT2D eigenvalue weighted by Gasteiger charge is 2.12. The Hall–Kier alpha value is -2.82. The lowest BCUT2D eigenvalue weighted by Crippen LogP contribution is -2.09. The normalized spacial score (nSPS) is 11.2. The average Bonchev–Trinajstić information content (AvgIpc) is 2.56. The molecule has 0 amide bonds. The smallest absolute Gasteiger partial charge is 0.310 e. The third-order valence-corrected chi connectivity index (χ3v) is 3.31. The van der Waals surface area contributed by atoms with E-state index < -0.39 is 17.6 Å². The van der Waals surface area contributed by atoms with Gasteiger partial charge >= 0.3 is 5.97 Å². The van der Waals surface area contributed by atoms with E-state index in [0.29, 0.717) is 5.56 Å². The van der Waals surface area contributed by atoms with E-state index >= 15 is 0 Å². The maximum atomic E-state index is 13.2. The Morgan fingerprint density at radius 2 is 1.75 bits per heavy atom. The molecule has 0 unspecified atom stereocenters. The number of rotatable bonds is 6. The van der Waals surface area contributed by atoms with Crippen molar-refractivity contribution in [2.24, 2.45) is 0 Å². The van der Waals surface area contributed by atoms with Gasteiger partial charge in [-0.3, -0.25) is 9.59 Å². The second-order valence-electron chi connectivity index (χ2n) is 5.22. The Morgan fingerprint density at radius 1 is 1.04 bits per heavy atom. The van der Waals surface area contributed by atoms with Crippen LogP contribution in [0.5, 0.6) is 0 Å². The summed E-state index contributed by atoms with van der Waals surface area (Å²) in [5.74, 6) is -2.89. The van der Waals surface area contributed by atoms with E-state index in [-0.39, 0.29) is 24.4 Å². The zero-order valence-corrected chi connectivity index (χ0v) is 13.1. The second-order valence-corrected chi connectivity index (χ2v) is 5.22. The molecule has 0 atom stereocenters. The van der Waals surface area contributed by atoms with Crippen molar-refractivity contribution in [3.05, 3.63) is 76.9 Å². The Labute approximate surface area is 138 Å². The molecule has 0 aliphatic heterocycles. The van der Waals surface area contributed by atoms with E-state index in [9.17, 15) is 18.4 Å². The molecule has 0 bridgehead atoms. The average molecular weight is 330 g/mol. The van der Waals surface area contributed by atoms with Crippen molar-refractivity contribution >= 4 is 17.8 Å². The number of hydrogen-bond donors (Lipinski definition) is 0. The number of carbonyl (C=O) groups is 2. The van der Waals surface area contributed by atoms with Crippen molar-refractivity contribution in [1.82, 2.24) is 0 Å². The molecule has 0 saturated heterocycles. The first-order chi connectivity index (χ1) is 11.5. The predicted octanol–water partition coefficient (Wildman–Crippen LogP) is 4.07. The molecule has 0 aliphatic rings. The number of carbonyl (C=O) groups excluding carboxylic acids is 2. The molecule has 0 heterocycles. The molecule has 0 aromatic heterocycles. The molecule has 5 heteroatoms. The number of ether oxygens (including phenoxy) is 1. The minimum Gasteiger partial charge on any atom is -0.461 e. The molecule has 0 fully saturated rings. The van der Waals surface area contributed by atoms with Gasteiger partial charge in [0.1, 0.15) is 6.61 Å². The van der Waals surface area contributed by atoms with Gasteiger partial charge in [0.25, 0.3) is 0 Å². The number of benzene rings is 2. The maximum absolute atomic E-state index is 13.2. The fraction of sp³-hybridized carbons (Fsp3) is 0.158. The molecule has 0 aliphatic carbocycles. The lowest BCUT2D eigenvalue weighted by Gasteiger charge is -2.07. The van der Waals surface area contributed by atoms with E-state index in [2.05, 4.69) is 0 Å². The summed E-state index contributed by atoms with van der Waals surface area (Å²) in [4.78, 5) is 23.6. The number of Topliss-reactive ketones (excluding diaryl/α,β-unsaturated/α-hetero) is 1. The van der Waals surface area contributed by atoms with Gasteiger partial charge in [0.15, 0.2) is 17.4 Å². The number of hydrogen-bond acceptors (Lipinski definition) is 3. The molecule has 0 saturated carbocycles. The molecule has 2 aromatic rings. The van der Waals surface area contributed by atoms with Crippen LogP contribution in [0.1, 0.15) is 24.5 Å². The van der Waals surface area contributed by atoms with Gasteiger partial charge in [-0.05, 0) is 36.3 Å². The number of ketones is 1. The minimum atomic E-state index is -1.02. The van der Waals surface area contributed by atoms with Crippen LogP contribution in [0.2, 0.25) is 0 Å². The van der Waals surface area contributed by atoms with Gasteiger partial charge in [0.05, 0.1) is 6.42 Å². The Bertz CT molecular complexity index is 767. The van der Waals surface area contributed by atoms with Gasteiger partial charge in [0, 0.05) is 5.57 Å². The fourth-order valence-corrected chi connectivity index (χ4v) is 2.03. The summed E-state index contributed by atoms with van der Waals surface area (Å²) < 4.78 is 31.3. The summed E-state index contributed by atoms with van der Waals surface area (Å²) in [6.45, 7) is 1.41. The molecule has 0 N–H and O–H groups in total. The lowest BCUT2D eigenvalue weighted by molar-refractivity contribution is -0.144. The molecular formula is C19H16F2O3. The zero-order valence-electron chi connectivity index (χ0n) is 13.1. The van der Waals surface area contributed by atoms with Crippen LogP contribution in [0.25, 0.3) is 6.08 Å². The highest BCUT2D eigenvalue weighted by atomic mass is 19.2. The summed E-state index contributed by atoms with van der Waals surface area (Å²) in [6, 6.07) is 12.4. The van der Waals surface area contributed by atoms with E-state index in [0.717, 1.165) is 17.7 Å². The first-order valence-electron chi connectivity index (χ1n) is 7.32. The van der Waals surface area contributed by atoms with Crippen molar-refractivity contribution in [2.75, 3.05) is 0 Å². The van der Waals surface area contributed by atoms with Gasteiger partial charge in [0.2, 0.25) is 0 Å². The molecular weight excluding hydrogens is 314 g/mol. The van der Waals surface area contributed by atoms with Crippen LogP contribution in [-0.2, 0) is 20.9 Å². The molecule has 3 nitrogen and oxygen atoms in total. The summed E-state index contributed by atoms with van der Waals surface area (Å²) >= 11 is 0. The Kier molecular flexibility index (Phi) is 5.95. The molecule has 124 valence electrons. The molecule has 2 rings (SSSR count). The third-order valence-electron chi connectivity index (χ3n) is 3.31. The van der Waals surface area contributed by atoms with Gasteiger partial charge in [-0.2, -0.15) is 0 Å². The highest BCUT2D eigenvalue weighted by Crippen LogP contribution is 2.15. The van der Waals surface area contributed by atoms with Crippen molar-refractivity contribution in [3.8, 4) is 0 Å².